The number of carbonyl (C=O) groups excluding carboxylic acids is 1. The molecule has 1 amide bonds. The molecular weight excluding hydrogens is 358 g/mol. The van der Waals surface area contributed by atoms with Crippen molar-refractivity contribution in [2.45, 2.75) is 46.1 Å². The number of thiophene rings is 1. The lowest BCUT2D eigenvalue weighted by molar-refractivity contribution is 0.0996. The van der Waals surface area contributed by atoms with E-state index in [0.717, 1.165) is 54.9 Å². The second kappa shape index (κ2) is 6.93. The van der Waals surface area contributed by atoms with Crippen molar-refractivity contribution in [1.82, 2.24) is 9.55 Å². The summed E-state index contributed by atoms with van der Waals surface area (Å²) < 4.78 is 1.81. The van der Waals surface area contributed by atoms with Gasteiger partial charge in [0.1, 0.15) is 10.7 Å². The van der Waals surface area contributed by atoms with E-state index in [-0.39, 0.29) is 11.5 Å². The zero-order valence-corrected chi connectivity index (χ0v) is 16.7. The van der Waals surface area contributed by atoms with Gasteiger partial charge in [-0.15, -0.1) is 11.3 Å². The molecule has 0 aliphatic carbocycles. The SMILES string of the molecule is Cc1cccc(N(C)C(=O)c2sc3nc4n(c(=O)c3c2C)CCCCC4)c1. The van der Waals surface area contributed by atoms with Crippen molar-refractivity contribution in [2.75, 3.05) is 11.9 Å². The van der Waals surface area contributed by atoms with Crippen molar-refractivity contribution >= 4 is 33.1 Å². The Morgan fingerprint density at radius 3 is 2.81 bits per heavy atom. The van der Waals surface area contributed by atoms with Crippen LogP contribution >= 0.6 is 11.3 Å². The Balaban J connectivity index is 1.81. The van der Waals surface area contributed by atoms with Crippen LogP contribution in [0.5, 0.6) is 0 Å². The van der Waals surface area contributed by atoms with Gasteiger partial charge in [0.05, 0.1) is 10.3 Å². The van der Waals surface area contributed by atoms with Crippen molar-refractivity contribution < 1.29 is 4.79 Å². The van der Waals surface area contributed by atoms with E-state index in [9.17, 15) is 9.59 Å². The minimum Gasteiger partial charge on any atom is -0.311 e. The predicted octanol–water partition coefficient (Wildman–Crippen LogP) is 4.08. The molecule has 0 N–H and O–H groups in total. The highest BCUT2D eigenvalue weighted by atomic mass is 32.1. The minimum absolute atomic E-state index is 0.00269. The van der Waals surface area contributed by atoms with Crippen LogP contribution < -0.4 is 10.5 Å². The molecule has 3 aromatic rings. The summed E-state index contributed by atoms with van der Waals surface area (Å²) in [6.07, 6.45) is 4.02. The molecular formula is C21H23N3O2S. The van der Waals surface area contributed by atoms with Gasteiger partial charge in [0.15, 0.2) is 0 Å². The van der Waals surface area contributed by atoms with Gasteiger partial charge in [-0.05, 0) is 49.9 Å². The molecule has 0 spiro atoms. The molecule has 0 fully saturated rings. The first-order valence-electron chi connectivity index (χ1n) is 9.35. The van der Waals surface area contributed by atoms with Gasteiger partial charge in [-0.25, -0.2) is 4.98 Å². The second-order valence-corrected chi connectivity index (χ2v) is 8.23. The molecule has 0 saturated carbocycles. The number of amides is 1. The average molecular weight is 382 g/mol. The van der Waals surface area contributed by atoms with Gasteiger partial charge in [-0.3, -0.25) is 14.2 Å². The number of rotatable bonds is 2. The van der Waals surface area contributed by atoms with Crippen molar-refractivity contribution in [3.63, 3.8) is 0 Å². The van der Waals surface area contributed by atoms with Crippen molar-refractivity contribution in [3.05, 3.63) is 56.4 Å². The summed E-state index contributed by atoms with van der Waals surface area (Å²) in [5, 5.41) is 0.603. The molecule has 1 aliphatic heterocycles. The van der Waals surface area contributed by atoms with Crippen LogP contribution in [0.2, 0.25) is 0 Å². The van der Waals surface area contributed by atoms with Crippen LogP contribution in [0.15, 0.2) is 29.1 Å². The summed E-state index contributed by atoms with van der Waals surface area (Å²) in [5.74, 6) is 0.762. The highest BCUT2D eigenvalue weighted by Gasteiger charge is 2.24. The van der Waals surface area contributed by atoms with Crippen LogP contribution in [0, 0.1) is 13.8 Å². The fraction of sp³-hybridized carbons (Fsp3) is 0.381. The van der Waals surface area contributed by atoms with E-state index in [1.807, 2.05) is 42.7 Å². The fourth-order valence-corrected chi connectivity index (χ4v) is 4.89. The molecule has 0 radical (unpaired) electrons. The lowest BCUT2D eigenvalue weighted by atomic mass is 10.1. The Hall–Kier alpha value is -2.47. The number of carbonyl (C=O) groups is 1. The van der Waals surface area contributed by atoms with Crippen LogP contribution in [0.1, 0.15) is 45.9 Å². The van der Waals surface area contributed by atoms with Crippen LogP contribution in [-0.2, 0) is 13.0 Å². The molecule has 0 saturated heterocycles. The second-order valence-electron chi connectivity index (χ2n) is 7.23. The number of hydrogen-bond donors (Lipinski definition) is 0. The smallest absolute Gasteiger partial charge is 0.268 e. The highest BCUT2D eigenvalue weighted by molar-refractivity contribution is 7.20. The number of aromatic nitrogens is 2. The maximum Gasteiger partial charge on any atom is 0.268 e. The molecule has 1 aromatic carbocycles. The molecule has 3 heterocycles. The molecule has 2 aromatic heterocycles. The van der Waals surface area contributed by atoms with E-state index in [1.54, 1.807) is 11.9 Å². The standard InChI is InChI=1S/C21H23N3O2S/c1-13-8-7-9-15(12-13)23(3)21(26)18-14(2)17-19(27-18)22-16-10-5-4-6-11-24(16)20(17)25/h7-9,12H,4-6,10-11H2,1-3H3. The molecule has 4 rings (SSSR count). The maximum atomic E-state index is 13.1. The zero-order chi connectivity index (χ0) is 19.1. The van der Waals surface area contributed by atoms with Gasteiger partial charge in [-0.1, -0.05) is 18.6 Å². The Kier molecular flexibility index (Phi) is 4.60. The number of hydrogen-bond acceptors (Lipinski definition) is 4. The fourth-order valence-electron chi connectivity index (χ4n) is 3.72. The summed E-state index contributed by atoms with van der Waals surface area (Å²) in [6.45, 7) is 4.59. The molecule has 5 nitrogen and oxygen atoms in total. The largest absolute Gasteiger partial charge is 0.311 e. The number of aryl methyl sites for hydroxylation is 3. The molecule has 27 heavy (non-hydrogen) atoms. The summed E-state index contributed by atoms with van der Waals surface area (Å²) in [4.78, 5) is 33.9. The quantitative estimate of drug-likeness (QED) is 0.672. The van der Waals surface area contributed by atoms with E-state index in [0.29, 0.717) is 15.1 Å². The lowest BCUT2D eigenvalue weighted by Crippen LogP contribution is -2.26. The number of anilines is 1. The Labute approximate surface area is 162 Å². The van der Waals surface area contributed by atoms with Gasteiger partial charge in [0.2, 0.25) is 0 Å². The number of benzene rings is 1. The van der Waals surface area contributed by atoms with Gasteiger partial charge in [-0.2, -0.15) is 0 Å². The van der Waals surface area contributed by atoms with E-state index in [1.165, 1.54) is 11.3 Å². The van der Waals surface area contributed by atoms with E-state index in [4.69, 9.17) is 4.98 Å². The minimum atomic E-state index is -0.0966. The van der Waals surface area contributed by atoms with Gasteiger partial charge >= 0.3 is 0 Å². The third kappa shape index (κ3) is 3.08. The van der Waals surface area contributed by atoms with Crippen molar-refractivity contribution in [1.29, 1.82) is 0 Å². The van der Waals surface area contributed by atoms with Crippen molar-refractivity contribution in [2.24, 2.45) is 0 Å². The van der Waals surface area contributed by atoms with Gasteiger partial charge < -0.3 is 4.90 Å². The number of fused-ring (bicyclic) bond motifs is 2. The van der Waals surface area contributed by atoms with Crippen molar-refractivity contribution in [3.8, 4) is 0 Å². The van der Waals surface area contributed by atoms with Gasteiger partial charge in [0, 0.05) is 25.7 Å². The van der Waals surface area contributed by atoms with Gasteiger partial charge in [0.25, 0.3) is 11.5 Å². The molecule has 0 bridgehead atoms. The Morgan fingerprint density at radius 1 is 1.22 bits per heavy atom. The van der Waals surface area contributed by atoms with E-state index >= 15 is 0 Å². The van der Waals surface area contributed by atoms with Crippen LogP contribution in [-0.4, -0.2) is 22.5 Å². The van der Waals surface area contributed by atoms with E-state index in [2.05, 4.69) is 0 Å². The average Bonchev–Trinajstić information content (AvgIpc) is 2.82. The summed E-state index contributed by atoms with van der Waals surface area (Å²) in [6, 6.07) is 7.85. The highest BCUT2D eigenvalue weighted by Crippen LogP contribution is 2.30. The summed E-state index contributed by atoms with van der Waals surface area (Å²) in [7, 11) is 1.77. The first-order chi connectivity index (χ1) is 13.0. The topological polar surface area (TPSA) is 55.2 Å². The molecule has 140 valence electrons. The maximum absolute atomic E-state index is 13.1. The van der Waals surface area contributed by atoms with Crippen LogP contribution in [0.4, 0.5) is 5.69 Å². The zero-order valence-electron chi connectivity index (χ0n) is 15.9. The molecule has 0 atom stereocenters. The molecule has 1 aliphatic rings. The third-order valence-corrected chi connectivity index (χ3v) is 6.47. The lowest BCUT2D eigenvalue weighted by Gasteiger charge is -2.17. The first-order valence-corrected chi connectivity index (χ1v) is 10.2. The molecule has 0 unspecified atom stereocenters. The summed E-state index contributed by atoms with van der Waals surface area (Å²) >= 11 is 1.34. The normalized spacial score (nSPS) is 14.0. The Morgan fingerprint density at radius 2 is 2.04 bits per heavy atom. The molecule has 6 heteroatoms. The predicted molar refractivity (Wildman–Crippen MR) is 110 cm³/mol. The summed E-state index contributed by atoms with van der Waals surface area (Å²) in [5.41, 5.74) is 2.70. The van der Waals surface area contributed by atoms with Crippen LogP contribution in [0.3, 0.4) is 0 Å². The first kappa shape index (κ1) is 17.9. The monoisotopic (exact) mass is 381 g/mol. The third-order valence-electron chi connectivity index (χ3n) is 5.30. The Bertz CT molecular complexity index is 1100. The number of nitrogens with zero attached hydrogens (tertiary/aromatic N) is 3. The van der Waals surface area contributed by atoms with E-state index < -0.39 is 0 Å². The van der Waals surface area contributed by atoms with Crippen LogP contribution in [0.25, 0.3) is 10.2 Å².